The van der Waals surface area contributed by atoms with E-state index < -0.39 is 5.60 Å². The van der Waals surface area contributed by atoms with Gasteiger partial charge in [-0.05, 0) is 67.8 Å². The van der Waals surface area contributed by atoms with E-state index in [-0.39, 0.29) is 24.7 Å². The summed E-state index contributed by atoms with van der Waals surface area (Å²) >= 11 is 0. The van der Waals surface area contributed by atoms with Gasteiger partial charge in [-0.25, -0.2) is 0 Å². The fraction of sp³-hybridized carbons (Fsp3) is 0.269. The number of furan rings is 1. The Morgan fingerprint density at radius 2 is 2.06 bits per heavy atom. The number of carbonyl (C=O) groups excluding carboxylic acids is 1. The van der Waals surface area contributed by atoms with Crippen LogP contribution in [0.5, 0.6) is 5.75 Å². The van der Waals surface area contributed by atoms with Gasteiger partial charge in [0.05, 0.1) is 25.8 Å². The number of fused-ring (bicyclic) bond motifs is 1. The lowest BCUT2D eigenvalue weighted by atomic mass is 9.97. The summed E-state index contributed by atoms with van der Waals surface area (Å²) in [6.45, 7) is 5.90. The summed E-state index contributed by atoms with van der Waals surface area (Å²) in [7, 11) is 0. The molecule has 0 saturated carbocycles. The molecule has 0 radical (unpaired) electrons. The highest BCUT2D eigenvalue weighted by Crippen LogP contribution is 2.44. The first-order chi connectivity index (χ1) is 16.4. The van der Waals surface area contributed by atoms with Crippen LogP contribution >= 0.6 is 0 Å². The van der Waals surface area contributed by atoms with Crippen molar-refractivity contribution < 1.29 is 23.8 Å². The van der Waals surface area contributed by atoms with Crippen LogP contribution in [-0.4, -0.2) is 23.3 Å². The zero-order valence-corrected chi connectivity index (χ0v) is 19.2. The Balaban J connectivity index is 1.75. The van der Waals surface area contributed by atoms with Crippen LogP contribution in [-0.2, 0) is 22.5 Å². The molecule has 0 saturated heterocycles. The van der Waals surface area contributed by atoms with E-state index in [1.54, 1.807) is 32.2 Å². The lowest BCUT2D eigenvalue weighted by Gasteiger charge is -2.29. The van der Waals surface area contributed by atoms with Crippen LogP contribution in [0, 0.1) is 0 Å². The molecule has 174 valence electrons. The third-order valence-electron chi connectivity index (χ3n) is 5.96. The fourth-order valence-electron chi connectivity index (χ4n) is 4.09. The van der Waals surface area contributed by atoms with Gasteiger partial charge in [-0.3, -0.25) is 4.79 Å². The predicted octanol–water partition coefficient (Wildman–Crippen LogP) is 6.42. The largest absolute Gasteiger partial charge is 0.507 e. The van der Waals surface area contributed by atoms with Crippen molar-refractivity contribution in [1.29, 1.82) is 0 Å². The number of benzene rings is 2. The van der Waals surface area contributed by atoms with Gasteiger partial charge in [0.15, 0.2) is 5.60 Å². The number of esters is 1. The van der Waals surface area contributed by atoms with Gasteiger partial charge in [0.2, 0.25) is 0 Å². The van der Waals surface area contributed by atoms with Crippen molar-refractivity contribution in [2.45, 2.75) is 39.3 Å². The molecule has 1 N–H and O–H groups in total. The molecule has 1 aliphatic rings. The van der Waals surface area contributed by atoms with Gasteiger partial charge in [0, 0.05) is 27.0 Å². The number of rotatable bonds is 8. The van der Waals surface area contributed by atoms with Crippen molar-refractivity contribution in [3.63, 3.8) is 0 Å². The Kier molecular flexibility index (Phi) is 6.34. The van der Waals surface area contributed by atoms with E-state index in [1.807, 2.05) is 43.3 Å². The molecule has 8 nitrogen and oxygen atoms in total. The molecule has 1 aromatic heterocycles. The number of ether oxygens (including phenoxy) is 2. The quantitative estimate of drug-likeness (QED) is 0.181. The van der Waals surface area contributed by atoms with Crippen LogP contribution in [0.3, 0.4) is 0 Å². The van der Waals surface area contributed by atoms with Gasteiger partial charge >= 0.3 is 5.97 Å². The van der Waals surface area contributed by atoms with Gasteiger partial charge in [0.25, 0.3) is 0 Å². The minimum absolute atomic E-state index is 0.0228. The third-order valence-corrected chi connectivity index (χ3v) is 5.96. The summed E-state index contributed by atoms with van der Waals surface area (Å²) in [6.07, 6.45) is 3.50. The first-order valence-electron chi connectivity index (χ1n) is 10.9. The van der Waals surface area contributed by atoms with E-state index in [9.17, 15) is 9.90 Å². The topological polar surface area (TPSA) is 118 Å². The second kappa shape index (κ2) is 9.37. The van der Waals surface area contributed by atoms with Gasteiger partial charge in [-0.15, -0.1) is 0 Å². The molecule has 0 aliphatic heterocycles. The molecule has 8 heteroatoms. The molecule has 1 atom stereocenters. The summed E-state index contributed by atoms with van der Waals surface area (Å²) in [5.41, 5.74) is 11.7. The van der Waals surface area contributed by atoms with Gasteiger partial charge in [-0.1, -0.05) is 23.3 Å². The maximum atomic E-state index is 12.1. The number of allylic oxidation sites excluding steroid dienone is 2. The smallest absolute Gasteiger partial charge is 0.310 e. The van der Waals surface area contributed by atoms with E-state index in [0.717, 1.165) is 16.5 Å². The Morgan fingerprint density at radius 3 is 2.82 bits per heavy atom. The summed E-state index contributed by atoms with van der Waals surface area (Å²) in [4.78, 5) is 14.9. The van der Waals surface area contributed by atoms with Crippen molar-refractivity contribution in [2.24, 2.45) is 5.11 Å². The SMILES string of the molecule is CCOC(=O)Cc1ccccc1OC1(C)C(C)=CC(c2cc(CN=[N+]=[N-])cc3ccoc23)=C1O. The van der Waals surface area contributed by atoms with Crippen molar-refractivity contribution in [1.82, 2.24) is 0 Å². The van der Waals surface area contributed by atoms with E-state index in [1.165, 1.54) is 0 Å². The second-order valence-electron chi connectivity index (χ2n) is 8.19. The lowest BCUT2D eigenvalue weighted by molar-refractivity contribution is -0.142. The second-order valence-corrected chi connectivity index (χ2v) is 8.19. The number of para-hydroxylation sites is 1. The van der Waals surface area contributed by atoms with Crippen molar-refractivity contribution in [2.75, 3.05) is 6.61 Å². The highest BCUT2D eigenvalue weighted by atomic mass is 16.5. The zero-order chi connectivity index (χ0) is 24.3. The number of hydrogen-bond acceptors (Lipinski definition) is 6. The minimum Gasteiger partial charge on any atom is -0.507 e. The minimum atomic E-state index is -1.15. The molecule has 3 aromatic rings. The number of nitrogens with zero attached hydrogens (tertiary/aromatic N) is 3. The number of hydrogen-bond donors (Lipinski definition) is 1. The highest BCUT2D eigenvalue weighted by Gasteiger charge is 2.41. The van der Waals surface area contributed by atoms with Crippen molar-refractivity contribution in [3.05, 3.63) is 93.3 Å². The zero-order valence-electron chi connectivity index (χ0n) is 19.2. The predicted molar refractivity (Wildman–Crippen MR) is 128 cm³/mol. The third kappa shape index (κ3) is 4.23. The maximum absolute atomic E-state index is 12.1. The Bertz CT molecular complexity index is 1360. The molecular weight excluding hydrogens is 434 g/mol. The molecule has 0 bridgehead atoms. The summed E-state index contributed by atoms with van der Waals surface area (Å²) in [5.74, 6) is 0.160. The van der Waals surface area contributed by atoms with Crippen LogP contribution in [0.2, 0.25) is 0 Å². The van der Waals surface area contributed by atoms with Crippen LogP contribution < -0.4 is 4.74 Å². The fourth-order valence-corrected chi connectivity index (χ4v) is 4.09. The van der Waals surface area contributed by atoms with Gasteiger partial charge in [0.1, 0.15) is 17.1 Å². The summed E-state index contributed by atoms with van der Waals surface area (Å²) in [6, 6.07) is 12.8. The standard InChI is InChI=1S/C26H25N3O5/c1-4-32-23(30)14-18-7-5-6-8-22(18)34-26(3)16(2)11-21(25(26)31)20-13-17(15-28-29-27)12-19-9-10-33-24(19)20/h5-13,31H,4,14-15H2,1-3H3. The van der Waals surface area contributed by atoms with Crippen LogP contribution in [0.25, 0.3) is 27.0 Å². The Hall–Kier alpha value is -4.16. The average Bonchev–Trinajstić information content (AvgIpc) is 3.37. The van der Waals surface area contributed by atoms with Crippen molar-refractivity contribution >= 4 is 22.5 Å². The van der Waals surface area contributed by atoms with Crippen LogP contribution in [0.15, 0.2) is 75.7 Å². The van der Waals surface area contributed by atoms with Gasteiger partial charge in [-0.2, -0.15) is 0 Å². The number of aliphatic hydroxyl groups excluding tert-OH is 1. The molecule has 0 spiro atoms. The van der Waals surface area contributed by atoms with Crippen molar-refractivity contribution in [3.8, 4) is 5.75 Å². The molecule has 4 rings (SSSR count). The van der Waals surface area contributed by atoms with E-state index >= 15 is 0 Å². The van der Waals surface area contributed by atoms with Crippen LogP contribution in [0.4, 0.5) is 0 Å². The first-order valence-corrected chi connectivity index (χ1v) is 10.9. The molecule has 1 heterocycles. The maximum Gasteiger partial charge on any atom is 0.310 e. The average molecular weight is 460 g/mol. The number of carbonyl (C=O) groups is 1. The normalized spacial score (nSPS) is 17.4. The molecule has 34 heavy (non-hydrogen) atoms. The first kappa shape index (κ1) is 23.0. The lowest BCUT2D eigenvalue weighted by Crippen LogP contribution is -2.34. The monoisotopic (exact) mass is 459 g/mol. The van der Waals surface area contributed by atoms with E-state index in [2.05, 4.69) is 10.0 Å². The number of azide groups is 1. The molecule has 1 unspecified atom stereocenters. The summed E-state index contributed by atoms with van der Waals surface area (Å²) in [5, 5.41) is 15.9. The molecule has 0 fully saturated rings. The summed E-state index contributed by atoms with van der Waals surface area (Å²) < 4.78 is 17.1. The van der Waals surface area contributed by atoms with Crippen LogP contribution in [0.1, 0.15) is 37.5 Å². The van der Waals surface area contributed by atoms with E-state index in [4.69, 9.17) is 19.4 Å². The Labute approximate surface area is 196 Å². The Morgan fingerprint density at radius 1 is 1.26 bits per heavy atom. The highest BCUT2D eigenvalue weighted by molar-refractivity contribution is 5.95. The molecule has 0 amide bonds. The van der Waals surface area contributed by atoms with E-state index in [0.29, 0.717) is 34.6 Å². The van der Waals surface area contributed by atoms with Gasteiger partial charge < -0.3 is 19.0 Å². The molecule has 1 aliphatic carbocycles. The molecule has 2 aromatic carbocycles. The number of aliphatic hydroxyl groups is 1. The molecular formula is C26H25N3O5.